The van der Waals surface area contributed by atoms with Crippen molar-refractivity contribution >= 4 is 5.91 Å². The number of nitrogens with zero attached hydrogens (tertiary/aromatic N) is 1. The maximum absolute atomic E-state index is 11.5. The quantitative estimate of drug-likeness (QED) is 0.626. The molecule has 2 heterocycles. The minimum Gasteiger partial charge on any atom is -0.376 e. The molecule has 1 amide bonds. The van der Waals surface area contributed by atoms with E-state index in [2.05, 4.69) is 20.8 Å². The van der Waals surface area contributed by atoms with Gasteiger partial charge in [-0.05, 0) is 25.9 Å². The monoisotopic (exact) mass is 238 g/mol. The second-order valence-electron chi connectivity index (χ2n) is 4.06. The van der Waals surface area contributed by atoms with Crippen LogP contribution in [0.25, 0.3) is 0 Å². The number of H-pyrrole nitrogens is 1. The molecule has 0 atom stereocenters. The van der Waals surface area contributed by atoms with Crippen molar-refractivity contribution in [3.05, 3.63) is 18.0 Å². The van der Waals surface area contributed by atoms with Gasteiger partial charge >= 0.3 is 0 Å². The van der Waals surface area contributed by atoms with Crippen molar-refractivity contribution in [1.29, 1.82) is 0 Å². The van der Waals surface area contributed by atoms with Crippen LogP contribution in [0, 0.1) is 0 Å². The summed E-state index contributed by atoms with van der Waals surface area (Å²) < 4.78 is 5.67. The minimum atomic E-state index is -0.118. The molecule has 0 aliphatic carbocycles. The summed E-state index contributed by atoms with van der Waals surface area (Å²) in [6.45, 7) is 3.14. The Morgan fingerprint density at radius 1 is 1.53 bits per heavy atom. The minimum absolute atomic E-state index is 0.118. The molecule has 1 aromatic heterocycles. The molecule has 0 bridgehead atoms. The molecule has 1 saturated heterocycles. The lowest BCUT2D eigenvalue weighted by atomic mass is 10.1. The number of hydrogen-bond donors (Lipinski definition) is 3. The summed E-state index contributed by atoms with van der Waals surface area (Å²) >= 11 is 0. The van der Waals surface area contributed by atoms with Gasteiger partial charge in [-0.25, -0.2) is 0 Å². The molecule has 6 heteroatoms. The molecule has 17 heavy (non-hydrogen) atoms. The number of aromatic amines is 1. The summed E-state index contributed by atoms with van der Waals surface area (Å²) in [7, 11) is 0. The normalized spacial score (nSPS) is 16.9. The highest BCUT2D eigenvalue weighted by molar-refractivity contribution is 5.93. The van der Waals surface area contributed by atoms with Crippen molar-refractivity contribution in [1.82, 2.24) is 20.8 Å². The summed E-state index contributed by atoms with van der Waals surface area (Å²) in [5, 5.41) is 12.4. The second-order valence-corrected chi connectivity index (χ2v) is 4.06. The van der Waals surface area contributed by atoms with Crippen LogP contribution in [0.1, 0.15) is 23.2 Å². The van der Waals surface area contributed by atoms with Crippen molar-refractivity contribution in [3.63, 3.8) is 0 Å². The standard InChI is InChI=1S/C11H18N4O2/c16-11(9-7-14-15-8-9)13-5-6-17-10-1-3-12-4-2-10/h7-8,10,12H,1-6H2,(H,13,16)(H,14,15). The zero-order valence-electron chi connectivity index (χ0n) is 9.74. The maximum Gasteiger partial charge on any atom is 0.254 e. The third kappa shape index (κ3) is 3.83. The number of aromatic nitrogens is 2. The van der Waals surface area contributed by atoms with E-state index in [1.807, 2.05) is 0 Å². The zero-order valence-corrected chi connectivity index (χ0v) is 9.74. The van der Waals surface area contributed by atoms with Gasteiger partial charge in [0.05, 0.1) is 24.5 Å². The highest BCUT2D eigenvalue weighted by Crippen LogP contribution is 2.06. The van der Waals surface area contributed by atoms with Crippen LogP contribution in [0.2, 0.25) is 0 Å². The molecule has 1 aliphatic heterocycles. The first-order chi connectivity index (χ1) is 8.36. The van der Waals surface area contributed by atoms with Gasteiger partial charge in [-0.15, -0.1) is 0 Å². The smallest absolute Gasteiger partial charge is 0.254 e. The molecular formula is C11H18N4O2. The number of carbonyl (C=O) groups excluding carboxylic acids is 1. The van der Waals surface area contributed by atoms with Crippen LogP contribution in [0.4, 0.5) is 0 Å². The molecule has 2 rings (SSSR count). The van der Waals surface area contributed by atoms with E-state index < -0.39 is 0 Å². The van der Waals surface area contributed by atoms with E-state index in [-0.39, 0.29) is 5.91 Å². The molecule has 0 saturated carbocycles. The van der Waals surface area contributed by atoms with Crippen LogP contribution in [0.3, 0.4) is 0 Å². The van der Waals surface area contributed by atoms with Gasteiger partial charge in [0.15, 0.2) is 0 Å². The number of hydrogen-bond acceptors (Lipinski definition) is 4. The topological polar surface area (TPSA) is 79.0 Å². The van der Waals surface area contributed by atoms with Gasteiger partial charge in [0.2, 0.25) is 0 Å². The van der Waals surface area contributed by atoms with Gasteiger partial charge in [-0.1, -0.05) is 0 Å². The third-order valence-electron chi connectivity index (χ3n) is 2.79. The van der Waals surface area contributed by atoms with E-state index >= 15 is 0 Å². The maximum atomic E-state index is 11.5. The Morgan fingerprint density at radius 2 is 2.35 bits per heavy atom. The van der Waals surface area contributed by atoms with Gasteiger partial charge in [-0.3, -0.25) is 9.89 Å². The van der Waals surface area contributed by atoms with Crippen LogP contribution >= 0.6 is 0 Å². The van der Waals surface area contributed by atoms with Gasteiger partial charge in [0.1, 0.15) is 0 Å². The fourth-order valence-electron chi connectivity index (χ4n) is 1.83. The Labute approximate surface area is 100 Å². The Bertz CT molecular complexity index is 333. The Balaban J connectivity index is 1.58. The van der Waals surface area contributed by atoms with E-state index in [1.165, 1.54) is 6.20 Å². The third-order valence-corrected chi connectivity index (χ3v) is 2.79. The molecule has 1 aliphatic rings. The summed E-state index contributed by atoms with van der Waals surface area (Å²) in [5.41, 5.74) is 0.548. The summed E-state index contributed by atoms with van der Waals surface area (Å²) in [4.78, 5) is 11.5. The molecular weight excluding hydrogens is 220 g/mol. The van der Waals surface area contributed by atoms with Gasteiger partial charge in [-0.2, -0.15) is 5.10 Å². The Hall–Kier alpha value is -1.40. The van der Waals surface area contributed by atoms with E-state index in [0.717, 1.165) is 25.9 Å². The first kappa shape index (κ1) is 12.1. The van der Waals surface area contributed by atoms with Gasteiger partial charge in [0, 0.05) is 12.7 Å². The Kier molecular flexibility index (Phi) is 4.52. The van der Waals surface area contributed by atoms with Crippen LogP contribution in [-0.2, 0) is 4.74 Å². The summed E-state index contributed by atoms with van der Waals surface area (Å²) in [6.07, 6.45) is 5.51. The highest BCUT2D eigenvalue weighted by Gasteiger charge is 2.13. The Morgan fingerprint density at radius 3 is 3.06 bits per heavy atom. The van der Waals surface area contributed by atoms with Gasteiger partial charge < -0.3 is 15.4 Å². The molecule has 94 valence electrons. The number of piperidine rings is 1. The van der Waals surface area contributed by atoms with Crippen molar-refractivity contribution in [2.75, 3.05) is 26.2 Å². The predicted octanol–water partition coefficient (Wildman–Crippen LogP) is -0.0919. The number of carbonyl (C=O) groups is 1. The first-order valence-corrected chi connectivity index (χ1v) is 5.95. The van der Waals surface area contributed by atoms with Crippen molar-refractivity contribution in [2.45, 2.75) is 18.9 Å². The van der Waals surface area contributed by atoms with E-state index in [0.29, 0.717) is 24.8 Å². The van der Waals surface area contributed by atoms with Gasteiger partial charge in [0.25, 0.3) is 5.91 Å². The molecule has 0 aromatic carbocycles. The fourth-order valence-corrected chi connectivity index (χ4v) is 1.83. The molecule has 1 aromatic rings. The second kappa shape index (κ2) is 6.36. The summed E-state index contributed by atoms with van der Waals surface area (Å²) in [5.74, 6) is -0.118. The zero-order chi connectivity index (χ0) is 11.9. The van der Waals surface area contributed by atoms with Crippen LogP contribution in [0.5, 0.6) is 0 Å². The number of ether oxygens (including phenoxy) is 1. The number of amides is 1. The van der Waals surface area contributed by atoms with Crippen LogP contribution in [0.15, 0.2) is 12.4 Å². The average molecular weight is 238 g/mol. The van der Waals surface area contributed by atoms with E-state index in [9.17, 15) is 4.79 Å². The summed E-state index contributed by atoms with van der Waals surface area (Å²) in [6, 6.07) is 0. The predicted molar refractivity (Wildman–Crippen MR) is 62.8 cm³/mol. The first-order valence-electron chi connectivity index (χ1n) is 5.95. The molecule has 6 nitrogen and oxygen atoms in total. The molecule has 0 spiro atoms. The number of nitrogens with one attached hydrogen (secondary N) is 3. The lowest BCUT2D eigenvalue weighted by molar-refractivity contribution is 0.0343. The lowest BCUT2D eigenvalue weighted by Crippen LogP contribution is -2.34. The molecule has 1 fully saturated rings. The number of rotatable bonds is 5. The van der Waals surface area contributed by atoms with Crippen LogP contribution < -0.4 is 10.6 Å². The van der Waals surface area contributed by atoms with Crippen molar-refractivity contribution in [3.8, 4) is 0 Å². The van der Waals surface area contributed by atoms with E-state index in [1.54, 1.807) is 6.20 Å². The SMILES string of the molecule is O=C(NCCOC1CCNCC1)c1cn[nH]c1. The largest absolute Gasteiger partial charge is 0.376 e. The van der Waals surface area contributed by atoms with Crippen molar-refractivity contribution < 1.29 is 9.53 Å². The average Bonchev–Trinajstić information content (AvgIpc) is 2.89. The molecule has 3 N–H and O–H groups in total. The fraction of sp³-hybridized carbons (Fsp3) is 0.636. The lowest BCUT2D eigenvalue weighted by Gasteiger charge is -2.22. The van der Waals surface area contributed by atoms with Crippen molar-refractivity contribution in [2.24, 2.45) is 0 Å². The highest BCUT2D eigenvalue weighted by atomic mass is 16.5. The van der Waals surface area contributed by atoms with E-state index in [4.69, 9.17) is 4.74 Å². The molecule has 0 unspecified atom stereocenters. The van der Waals surface area contributed by atoms with Crippen LogP contribution in [-0.4, -0.2) is 48.4 Å². The molecule has 0 radical (unpaired) electrons.